The number of halogens is 1. The van der Waals surface area contributed by atoms with Gasteiger partial charge in [-0.3, -0.25) is 24.4 Å². The average Bonchev–Trinajstić information content (AvgIpc) is 3.49. The molecule has 0 unspecified atom stereocenters. The summed E-state index contributed by atoms with van der Waals surface area (Å²) < 4.78 is 0. The number of pyridine rings is 1. The van der Waals surface area contributed by atoms with Crippen molar-refractivity contribution < 1.29 is 14.4 Å². The van der Waals surface area contributed by atoms with E-state index < -0.39 is 5.92 Å². The van der Waals surface area contributed by atoms with E-state index in [1.165, 1.54) is 0 Å². The van der Waals surface area contributed by atoms with Gasteiger partial charge >= 0.3 is 0 Å². The van der Waals surface area contributed by atoms with Gasteiger partial charge in [0.15, 0.2) is 0 Å². The van der Waals surface area contributed by atoms with Crippen molar-refractivity contribution in [2.75, 3.05) is 24.5 Å². The minimum Gasteiger partial charge on any atom is -0.343 e. The molecule has 1 saturated heterocycles. The van der Waals surface area contributed by atoms with Crippen LogP contribution < -0.4 is 4.90 Å². The lowest BCUT2D eigenvalue weighted by Gasteiger charge is -2.37. The summed E-state index contributed by atoms with van der Waals surface area (Å²) in [5.74, 6) is -0.318. The molecule has 4 aliphatic rings. The predicted molar refractivity (Wildman–Crippen MR) is 141 cm³/mol. The zero-order valence-corrected chi connectivity index (χ0v) is 21.7. The van der Waals surface area contributed by atoms with Crippen LogP contribution in [0.4, 0.5) is 5.69 Å². The summed E-state index contributed by atoms with van der Waals surface area (Å²) in [7, 11) is 0. The molecule has 1 aromatic heterocycles. The van der Waals surface area contributed by atoms with E-state index in [0.717, 1.165) is 46.5 Å². The van der Waals surface area contributed by atoms with Gasteiger partial charge in [-0.2, -0.15) is 0 Å². The zero-order chi connectivity index (χ0) is 25.7. The Morgan fingerprint density at radius 2 is 2.00 bits per heavy atom. The van der Waals surface area contributed by atoms with Crippen LogP contribution in [0.5, 0.6) is 0 Å². The molecule has 0 N–H and O–H groups in total. The normalized spacial score (nSPS) is 21.2. The first-order valence-electron chi connectivity index (χ1n) is 13.1. The number of carbonyl (C=O) groups is 3. The molecular formula is C28H30ClN5O3. The van der Waals surface area contributed by atoms with E-state index in [2.05, 4.69) is 9.98 Å². The Hall–Kier alpha value is -3.26. The Morgan fingerprint density at radius 1 is 1.19 bits per heavy atom. The summed E-state index contributed by atoms with van der Waals surface area (Å²) >= 11 is 6.57. The van der Waals surface area contributed by atoms with E-state index in [-0.39, 0.29) is 30.2 Å². The molecule has 2 aromatic rings. The maximum absolute atomic E-state index is 13.5. The molecule has 6 rings (SSSR count). The number of hydrogen-bond donors (Lipinski definition) is 0. The Bertz CT molecular complexity index is 1320. The van der Waals surface area contributed by atoms with Crippen molar-refractivity contribution in [1.82, 2.24) is 14.8 Å². The fraction of sp³-hybridized carbons (Fsp3) is 0.464. The number of aliphatic imine (C=N–C) groups is 1. The molecule has 8 nitrogen and oxygen atoms in total. The van der Waals surface area contributed by atoms with Gasteiger partial charge in [-0.05, 0) is 55.5 Å². The smallest absolute Gasteiger partial charge is 0.233 e. The summed E-state index contributed by atoms with van der Waals surface area (Å²) in [6.45, 7) is 4.81. The Kier molecular flexibility index (Phi) is 6.23. The molecule has 5 heterocycles. The van der Waals surface area contributed by atoms with Gasteiger partial charge in [0.2, 0.25) is 17.7 Å². The highest BCUT2D eigenvalue weighted by Crippen LogP contribution is 2.36. The van der Waals surface area contributed by atoms with E-state index >= 15 is 0 Å². The van der Waals surface area contributed by atoms with Crippen molar-refractivity contribution in [3.05, 3.63) is 57.4 Å². The highest BCUT2D eigenvalue weighted by atomic mass is 35.5. The number of anilines is 1. The molecular weight excluding hydrogens is 490 g/mol. The monoisotopic (exact) mass is 519 g/mol. The van der Waals surface area contributed by atoms with E-state index in [9.17, 15) is 14.4 Å². The number of piperidine rings is 1. The third-order valence-electron chi connectivity index (χ3n) is 8.27. The number of hydrogen-bond acceptors (Lipinski definition) is 5. The Morgan fingerprint density at radius 3 is 2.78 bits per heavy atom. The lowest BCUT2D eigenvalue weighted by molar-refractivity contribution is -0.141. The first-order valence-corrected chi connectivity index (χ1v) is 13.5. The van der Waals surface area contributed by atoms with Gasteiger partial charge in [0.25, 0.3) is 0 Å². The summed E-state index contributed by atoms with van der Waals surface area (Å²) in [5, 5.41) is 0.684. The molecule has 1 atom stereocenters. The third-order valence-corrected chi connectivity index (χ3v) is 8.61. The predicted octanol–water partition coefficient (Wildman–Crippen LogP) is 3.16. The van der Waals surface area contributed by atoms with E-state index in [1.807, 2.05) is 46.0 Å². The summed E-state index contributed by atoms with van der Waals surface area (Å²) in [4.78, 5) is 53.9. The van der Waals surface area contributed by atoms with Gasteiger partial charge in [-0.1, -0.05) is 11.6 Å². The minimum atomic E-state index is -0.419. The first kappa shape index (κ1) is 24.1. The second-order valence-corrected chi connectivity index (χ2v) is 10.7. The molecule has 192 valence electrons. The fourth-order valence-electron chi connectivity index (χ4n) is 6.29. The third kappa shape index (κ3) is 4.21. The van der Waals surface area contributed by atoms with Gasteiger partial charge in [-0.25, -0.2) is 0 Å². The van der Waals surface area contributed by atoms with Crippen LogP contribution in [0, 0.1) is 5.92 Å². The minimum absolute atomic E-state index is 0.0000576. The van der Waals surface area contributed by atoms with Gasteiger partial charge in [-0.15, -0.1) is 0 Å². The molecule has 4 aliphatic heterocycles. The quantitative estimate of drug-likeness (QED) is 0.621. The molecule has 1 fully saturated rings. The summed E-state index contributed by atoms with van der Waals surface area (Å²) in [6, 6.07) is 5.85. The SMILES string of the molecule is CCN1Cc2c(cc(Cl)c3c2C=NC3)C[C@@H](CC(=O)N2CCC(N3C(=O)Cc4ncccc43)CC2)C1=O. The fourth-order valence-corrected chi connectivity index (χ4v) is 6.59. The largest absolute Gasteiger partial charge is 0.343 e. The van der Waals surface area contributed by atoms with Crippen molar-refractivity contribution in [2.24, 2.45) is 10.9 Å². The molecule has 0 spiro atoms. The van der Waals surface area contributed by atoms with Crippen molar-refractivity contribution in [1.29, 1.82) is 0 Å². The number of aromatic nitrogens is 1. The van der Waals surface area contributed by atoms with Gasteiger partial charge in [0.05, 0.1) is 30.3 Å². The van der Waals surface area contributed by atoms with Crippen LogP contribution in [0.2, 0.25) is 5.02 Å². The maximum Gasteiger partial charge on any atom is 0.233 e. The highest BCUT2D eigenvalue weighted by Gasteiger charge is 2.38. The molecule has 1 aromatic carbocycles. The average molecular weight is 520 g/mol. The van der Waals surface area contributed by atoms with Crippen LogP contribution >= 0.6 is 11.6 Å². The maximum atomic E-state index is 13.5. The summed E-state index contributed by atoms with van der Waals surface area (Å²) in [5.41, 5.74) is 5.94. The van der Waals surface area contributed by atoms with Crippen LogP contribution in [-0.4, -0.2) is 64.4 Å². The van der Waals surface area contributed by atoms with Crippen LogP contribution in [0.3, 0.4) is 0 Å². The lowest BCUT2D eigenvalue weighted by Crippen LogP contribution is -2.48. The van der Waals surface area contributed by atoms with Crippen LogP contribution in [0.15, 0.2) is 29.4 Å². The molecule has 0 bridgehead atoms. The van der Waals surface area contributed by atoms with E-state index in [0.29, 0.717) is 50.6 Å². The van der Waals surface area contributed by atoms with Crippen LogP contribution in [-0.2, 0) is 40.3 Å². The second-order valence-electron chi connectivity index (χ2n) is 10.3. The Labute approximate surface area is 221 Å². The number of amides is 3. The van der Waals surface area contributed by atoms with Gasteiger partial charge in [0, 0.05) is 67.2 Å². The first-order chi connectivity index (χ1) is 17.9. The zero-order valence-electron chi connectivity index (χ0n) is 21.0. The van der Waals surface area contributed by atoms with E-state index in [4.69, 9.17) is 11.6 Å². The topological polar surface area (TPSA) is 86.2 Å². The number of fused-ring (bicyclic) bond motifs is 4. The number of rotatable bonds is 4. The number of nitrogens with zero attached hydrogens (tertiary/aromatic N) is 5. The number of carbonyl (C=O) groups excluding carboxylic acids is 3. The molecule has 3 amide bonds. The van der Waals surface area contributed by atoms with Crippen LogP contribution in [0.1, 0.15) is 54.1 Å². The Balaban J connectivity index is 1.15. The van der Waals surface area contributed by atoms with Crippen molar-refractivity contribution in [3.8, 4) is 0 Å². The van der Waals surface area contributed by atoms with E-state index in [1.54, 1.807) is 6.20 Å². The highest BCUT2D eigenvalue weighted by molar-refractivity contribution is 6.32. The van der Waals surface area contributed by atoms with Gasteiger partial charge in [0.1, 0.15) is 0 Å². The standard InChI is InChI=1S/C28H30ClN5O3/c1-2-32-16-22-17(11-23(29)21-15-30-14-20(21)22)10-18(28(32)37)12-26(35)33-8-5-19(6-9-33)34-25-4-3-7-31-24(25)13-27(34)36/h3-4,7,11,14,18-19H,2,5-6,8-10,12-13,15-16H2,1H3/t18-/m0/s1. The molecule has 37 heavy (non-hydrogen) atoms. The molecule has 0 aliphatic carbocycles. The van der Waals surface area contributed by atoms with Crippen molar-refractivity contribution in [3.63, 3.8) is 0 Å². The number of likely N-dealkylation sites (tertiary alicyclic amines) is 1. The molecule has 9 heteroatoms. The molecule has 0 radical (unpaired) electrons. The number of benzene rings is 1. The van der Waals surface area contributed by atoms with Crippen LogP contribution in [0.25, 0.3) is 0 Å². The second kappa shape index (κ2) is 9.56. The molecule has 0 saturated carbocycles. The van der Waals surface area contributed by atoms with Crippen molar-refractivity contribution in [2.45, 2.75) is 58.2 Å². The lowest BCUT2D eigenvalue weighted by atomic mass is 9.90. The summed E-state index contributed by atoms with van der Waals surface area (Å²) in [6.07, 6.45) is 6.04. The van der Waals surface area contributed by atoms with Gasteiger partial charge < -0.3 is 14.7 Å². The van der Waals surface area contributed by atoms with Crippen molar-refractivity contribution >= 4 is 41.2 Å².